The number of imidazole rings is 1. The van der Waals surface area contributed by atoms with Crippen LogP contribution in [0.5, 0.6) is 0 Å². The molecule has 1 aliphatic rings. The van der Waals surface area contributed by atoms with E-state index < -0.39 is 6.10 Å². The topological polar surface area (TPSA) is 82.4 Å². The Balaban J connectivity index is 1.76. The summed E-state index contributed by atoms with van der Waals surface area (Å²) in [6, 6.07) is 3.55. The Bertz CT molecular complexity index is 678. The summed E-state index contributed by atoms with van der Waals surface area (Å²) in [5, 5.41) is 10.4. The number of amides is 1. The standard InChI is InChI=1S/C19H27N3O3/c1-13(2)18-20-12-15(21-18)19(24)22-9-5-3-4-7-14(22)11-16(23)17-8-6-10-25-17/h6,8,10,12-14,16,23H,3-5,7,9,11H2,1-2H3,(H,20,21)/t14-,16-/m0/s1. The minimum atomic E-state index is -0.693. The molecule has 1 fully saturated rings. The molecule has 0 saturated carbocycles. The van der Waals surface area contributed by atoms with Crippen molar-refractivity contribution in [2.24, 2.45) is 0 Å². The SMILES string of the molecule is CC(C)c1ncc(C(=O)N2CCCCC[C@H]2C[C@H](O)c2ccco2)[nH]1. The smallest absolute Gasteiger partial charge is 0.272 e. The Hall–Kier alpha value is -2.08. The van der Waals surface area contributed by atoms with Crippen LogP contribution in [-0.2, 0) is 0 Å². The fourth-order valence-electron chi connectivity index (χ4n) is 3.44. The minimum Gasteiger partial charge on any atom is -0.467 e. The predicted octanol–water partition coefficient (Wildman–Crippen LogP) is 3.63. The highest BCUT2D eigenvalue weighted by atomic mass is 16.4. The number of aliphatic hydroxyl groups is 1. The van der Waals surface area contributed by atoms with Gasteiger partial charge in [0, 0.05) is 24.9 Å². The van der Waals surface area contributed by atoms with Crippen molar-refractivity contribution in [2.45, 2.75) is 64.0 Å². The highest BCUT2D eigenvalue weighted by Crippen LogP contribution is 2.27. The van der Waals surface area contributed by atoms with E-state index in [0.717, 1.165) is 31.5 Å². The third-order valence-corrected chi connectivity index (χ3v) is 4.88. The number of nitrogens with zero attached hydrogens (tertiary/aromatic N) is 2. The number of hydrogen-bond donors (Lipinski definition) is 2. The molecule has 2 aromatic rings. The number of carbonyl (C=O) groups excluding carboxylic acids is 1. The summed E-state index contributed by atoms with van der Waals surface area (Å²) in [7, 11) is 0. The zero-order valence-electron chi connectivity index (χ0n) is 14.9. The van der Waals surface area contributed by atoms with Crippen molar-refractivity contribution >= 4 is 5.91 Å². The van der Waals surface area contributed by atoms with Crippen LogP contribution in [0.25, 0.3) is 0 Å². The maximum absolute atomic E-state index is 13.0. The molecule has 1 amide bonds. The van der Waals surface area contributed by atoms with E-state index in [2.05, 4.69) is 9.97 Å². The number of H-pyrrole nitrogens is 1. The van der Waals surface area contributed by atoms with Gasteiger partial charge >= 0.3 is 0 Å². The zero-order chi connectivity index (χ0) is 17.8. The number of aromatic amines is 1. The summed E-state index contributed by atoms with van der Waals surface area (Å²) in [5.41, 5.74) is 0.531. The second-order valence-corrected chi connectivity index (χ2v) is 7.11. The largest absolute Gasteiger partial charge is 0.467 e. The Morgan fingerprint density at radius 3 is 2.96 bits per heavy atom. The Labute approximate surface area is 148 Å². The minimum absolute atomic E-state index is 0.000833. The van der Waals surface area contributed by atoms with Crippen molar-refractivity contribution < 1.29 is 14.3 Å². The monoisotopic (exact) mass is 345 g/mol. The van der Waals surface area contributed by atoms with Gasteiger partial charge in [0.2, 0.25) is 0 Å². The summed E-state index contributed by atoms with van der Waals surface area (Å²) in [6.07, 6.45) is 7.05. The fourth-order valence-corrected chi connectivity index (χ4v) is 3.44. The lowest BCUT2D eigenvalue weighted by Gasteiger charge is -2.31. The molecule has 2 N–H and O–H groups in total. The average Bonchev–Trinajstić information content (AvgIpc) is 3.24. The van der Waals surface area contributed by atoms with Gasteiger partial charge in [-0.3, -0.25) is 4.79 Å². The van der Waals surface area contributed by atoms with Crippen LogP contribution in [0.15, 0.2) is 29.0 Å². The third kappa shape index (κ3) is 4.12. The van der Waals surface area contributed by atoms with E-state index in [4.69, 9.17) is 4.42 Å². The number of carbonyl (C=O) groups is 1. The number of nitrogens with one attached hydrogen (secondary N) is 1. The molecule has 0 aromatic carbocycles. The molecule has 6 nitrogen and oxygen atoms in total. The molecule has 6 heteroatoms. The molecule has 0 bridgehead atoms. The molecular formula is C19H27N3O3. The molecule has 136 valence electrons. The molecule has 2 aromatic heterocycles. The van der Waals surface area contributed by atoms with Gasteiger partial charge in [-0.05, 0) is 25.0 Å². The first-order chi connectivity index (χ1) is 12.1. The molecule has 2 atom stereocenters. The van der Waals surface area contributed by atoms with Crippen molar-refractivity contribution in [1.82, 2.24) is 14.9 Å². The molecule has 3 rings (SSSR count). The molecule has 0 spiro atoms. The van der Waals surface area contributed by atoms with Gasteiger partial charge < -0.3 is 19.4 Å². The predicted molar refractivity (Wildman–Crippen MR) is 94.3 cm³/mol. The van der Waals surface area contributed by atoms with Crippen LogP contribution in [0.4, 0.5) is 0 Å². The number of aliphatic hydroxyl groups excluding tert-OH is 1. The van der Waals surface area contributed by atoms with Gasteiger partial charge in [0.15, 0.2) is 0 Å². The molecule has 0 radical (unpaired) electrons. The Morgan fingerprint density at radius 2 is 2.28 bits per heavy atom. The van der Waals surface area contributed by atoms with E-state index in [1.807, 2.05) is 18.7 Å². The number of aromatic nitrogens is 2. The highest BCUT2D eigenvalue weighted by Gasteiger charge is 2.30. The van der Waals surface area contributed by atoms with E-state index in [1.165, 1.54) is 0 Å². The van der Waals surface area contributed by atoms with E-state index >= 15 is 0 Å². The van der Waals surface area contributed by atoms with Crippen molar-refractivity contribution in [2.75, 3.05) is 6.54 Å². The van der Waals surface area contributed by atoms with Crippen molar-refractivity contribution in [3.63, 3.8) is 0 Å². The quantitative estimate of drug-likeness (QED) is 0.867. The second-order valence-electron chi connectivity index (χ2n) is 7.11. The van der Waals surface area contributed by atoms with E-state index in [1.54, 1.807) is 24.6 Å². The maximum Gasteiger partial charge on any atom is 0.272 e. The van der Waals surface area contributed by atoms with Gasteiger partial charge in [0.1, 0.15) is 23.4 Å². The summed E-state index contributed by atoms with van der Waals surface area (Å²) < 4.78 is 5.31. The van der Waals surface area contributed by atoms with Gasteiger partial charge in [-0.1, -0.05) is 26.7 Å². The molecule has 1 aliphatic heterocycles. The molecule has 3 heterocycles. The normalized spacial score (nSPS) is 19.8. The van der Waals surface area contributed by atoms with E-state index in [-0.39, 0.29) is 17.9 Å². The molecule has 1 saturated heterocycles. The van der Waals surface area contributed by atoms with Gasteiger partial charge in [-0.25, -0.2) is 4.98 Å². The number of rotatable bonds is 5. The maximum atomic E-state index is 13.0. The summed E-state index contributed by atoms with van der Waals surface area (Å²) >= 11 is 0. The third-order valence-electron chi connectivity index (χ3n) is 4.88. The first-order valence-electron chi connectivity index (χ1n) is 9.13. The van der Waals surface area contributed by atoms with Crippen LogP contribution in [0, 0.1) is 0 Å². The fraction of sp³-hybridized carbons (Fsp3) is 0.579. The van der Waals surface area contributed by atoms with Crippen molar-refractivity contribution in [3.05, 3.63) is 41.9 Å². The average molecular weight is 345 g/mol. The van der Waals surface area contributed by atoms with Crippen molar-refractivity contribution in [3.8, 4) is 0 Å². The van der Waals surface area contributed by atoms with Crippen LogP contribution in [0.3, 0.4) is 0 Å². The highest BCUT2D eigenvalue weighted by molar-refractivity contribution is 5.92. The Morgan fingerprint density at radius 1 is 1.44 bits per heavy atom. The van der Waals surface area contributed by atoms with Crippen molar-refractivity contribution in [1.29, 1.82) is 0 Å². The summed E-state index contributed by atoms with van der Waals surface area (Å²) in [5.74, 6) is 1.60. The van der Waals surface area contributed by atoms with Crippen LogP contribution in [-0.4, -0.2) is 38.5 Å². The first kappa shape index (κ1) is 17.7. The van der Waals surface area contributed by atoms with Crippen LogP contribution in [0.1, 0.15) is 80.0 Å². The lowest BCUT2D eigenvalue weighted by Crippen LogP contribution is -2.41. The Kier molecular flexibility index (Phi) is 5.58. The van der Waals surface area contributed by atoms with Gasteiger partial charge in [0.25, 0.3) is 5.91 Å². The first-order valence-corrected chi connectivity index (χ1v) is 9.13. The van der Waals surface area contributed by atoms with Crippen LogP contribution in [0.2, 0.25) is 0 Å². The molecule has 0 unspecified atom stereocenters. The molecule has 25 heavy (non-hydrogen) atoms. The molecule has 0 aliphatic carbocycles. The zero-order valence-corrected chi connectivity index (χ0v) is 14.9. The second kappa shape index (κ2) is 7.87. The molecular weight excluding hydrogens is 318 g/mol. The number of likely N-dealkylation sites (tertiary alicyclic amines) is 1. The van der Waals surface area contributed by atoms with Gasteiger partial charge in [-0.15, -0.1) is 0 Å². The van der Waals surface area contributed by atoms with Gasteiger partial charge in [-0.2, -0.15) is 0 Å². The number of hydrogen-bond acceptors (Lipinski definition) is 4. The summed E-state index contributed by atoms with van der Waals surface area (Å²) in [4.78, 5) is 22.4. The van der Waals surface area contributed by atoms with Gasteiger partial charge in [0.05, 0.1) is 12.5 Å². The number of furan rings is 1. The lowest BCUT2D eigenvalue weighted by molar-refractivity contribution is 0.0552. The van der Waals surface area contributed by atoms with Crippen LogP contribution >= 0.6 is 0 Å². The van der Waals surface area contributed by atoms with E-state index in [0.29, 0.717) is 24.4 Å². The van der Waals surface area contributed by atoms with E-state index in [9.17, 15) is 9.90 Å². The lowest BCUT2D eigenvalue weighted by atomic mass is 10.0. The van der Waals surface area contributed by atoms with Crippen LogP contribution < -0.4 is 0 Å². The summed E-state index contributed by atoms with van der Waals surface area (Å²) in [6.45, 7) is 4.80.